The number of benzene rings is 1. The van der Waals surface area contributed by atoms with Gasteiger partial charge in [-0.25, -0.2) is 0 Å². The summed E-state index contributed by atoms with van der Waals surface area (Å²) in [5, 5.41) is 11.1. The van der Waals surface area contributed by atoms with Crippen LogP contribution in [0.1, 0.15) is 13.8 Å². The molecule has 0 saturated heterocycles. The Morgan fingerprint density at radius 3 is 2.60 bits per heavy atom. The number of hydrogen-bond acceptors (Lipinski definition) is 4. The zero-order valence-corrected chi connectivity index (χ0v) is 8.91. The van der Waals surface area contributed by atoms with E-state index in [1.54, 1.807) is 12.1 Å². The molecular formula is C11H14N2O2. The molecule has 4 heteroatoms. The molecule has 1 rings (SSSR count). The van der Waals surface area contributed by atoms with Crippen molar-refractivity contribution in [2.45, 2.75) is 13.8 Å². The summed E-state index contributed by atoms with van der Waals surface area (Å²) in [5.41, 5.74) is 0.630. The van der Waals surface area contributed by atoms with E-state index in [1.165, 1.54) is 0 Å². The predicted molar refractivity (Wildman–Crippen MR) is 58.0 cm³/mol. The Bertz CT molecular complexity index is 358. The number of hydrogen-bond donors (Lipinski definition) is 1. The molecule has 0 bridgehead atoms. The van der Waals surface area contributed by atoms with Gasteiger partial charge in [-0.3, -0.25) is 5.32 Å². The maximum atomic E-state index is 8.58. The van der Waals surface area contributed by atoms with Crippen molar-refractivity contribution in [2.24, 2.45) is 0 Å². The van der Waals surface area contributed by atoms with Gasteiger partial charge >= 0.3 is 0 Å². The molecule has 0 saturated carbocycles. The van der Waals surface area contributed by atoms with Gasteiger partial charge in [-0.05, 0) is 26.0 Å². The van der Waals surface area contributed by atoms with E-state index in [4.69, 9.17) is 14.7 Å². The molecule has 0 aliphatic rings. The van der Waals surface area contributed by atoms with Gasteiger partial charge in [-0.2, -0.15) is 5.26 Å². The topological polar surface area (TPSA) is 54.3 Å². The maximum Gasteiger partial charge on any atom is 0.181 e. The van der Waals surface area contributed by atoms with Gasteiger partial charge in [0.2, 0.25) is 0 Å². The number of anilines is 1. The summed E-state index contributed by atoms with van der Waals surface area (Å²) in [7, 11) is 0. The summed E-state index contributed by atoms with van der Waals surface area (Å²) < 4.78 is 10.7. The molecule has 1 N–H and O–H groups in total. The zero-order valence-electron chi connectivity index (χ0n) is 8.91. The molecule has 0 unspecified atom stereocenters. The molecule has 1 aromatic carbocycles. The lowest BCUT2D eigenvalue weighted by atomic mass is 10.2. The van der Waals surface area contributed by atoms with Crippen LogP contribution in [0.2, 0.25) is 0 Å². The minimum atomic E-state index is 0.564. The molecule has 0 spiro atoms. The second-order valence-electron chi connectivity index (χ2n) is 2.76. The van der Waals surface area contributed by atoms with Crippen molar-refractivity contribution < 1.29 is 9.47 Å². The van der Waals surface area contributed by atoms with Gasteiger partial charge in [0.15, 0.2) is 6.19 Å². The van der Waals surface area contributed by atoms with E-state index in [-0.39, 0.29) is 0 Å². The van der Waals surface area contributed by atoms with Gasteiger partial charge in [0.05, 0.1) is 18.9 Å². The largest absolute Gasteiger partial charge is 0.494 e. The van der Waals surface area contributed by atoms with Crippen molar-refractivity contribution in [3.63, 3.8) is 0 Å². The summed E-state index contributed by atoms with van der Waals surface area (Å²) in [6, 6.07) is 5.35. The Morgan fingerprint density at radius 2 is 2.00 bits per heavy atom. The molecule has 0 aromatic heterocycles. The summed E-state index contributed by atoms with van der Waals surface area (Å²) in [6.45, 7) is 4.97. The number of nitrogens with zero attached hydrogens (tertiary/aromatic N) is 1. The molecule has 0 amide bonds. The van der Waals surface area contributed by atoms with Crippen LogP contribution in [0, 0.1) is 11.5 Å². The normalized spacial score (nSPS) is 9.13. The summed E-state index contributed by atoms with van der Waals surface area (Å²) in [4.78, 5) is 0. The fourth-order valence-corrected chi connectivity index (χ4v) is 1.20. The maximum absolute atomic E-state index is 8.58. The van der Waals surface area contributed by atoms with Crippen LogP contribution in [0.25, 0.3) is 0 Å². The van der Waals surface area contributed by atoms with Gasteiger partial charge < -0.3 is 9.47 Å². The number of nitrogens with one attached hydrogen (secondary N) is 1. The van der Waals surface area contributed by atoms with Crippen LogP contribution in [0.5, 0.6) is 11.5 Å². The first kappa shape index (κ1) is 11.2. The van der Waals surface area contributed by atoms with Gasteiger partial charge in [-0.15, -0.1) is 0 Å². The third-order valence-electron chi connectivity index (χ3n) is 1.75. The average Bonchev–Trinajstić information content (AvgIpc) is 2.23. The van der Waals surface area contributed by atoms with E-state index < -0.39 is 0 Å². The standard InChI is InChI=1S/C11H14N2O2/c1-3-14-9-5-6-11(15-4-2)10(7-9)13-8-12/h5-7,13H,3-4H2,1-2H3. The highest BCUT2D eigenvalue weighted by Crippen LogP contribution is 2.29. The van der Waals surface area contributed by atoms with Gasteiger partial charge in [0, 0.05) is 6.07 Å². The Kier molecular flexibility index (Phi) is 4.30. The number of ether oxygens (including phenoxy) is 2. The first-order chi connectivity index (χ1) is 7.31. The predicted octanol–water partition coefficient (Wildman–Crippen LogP) is 2.38. The molecule has 0 radical (unpaired) electrons. The average molecular weight is 206 g/mol. The van der Waals surface area contributed by atoms with E-state index in [0.29, 0.717) is 24.7 Å². The third kappa shape index (κ3) is 3.06. The van der Waals surface area contributed by atoms with Crippen molar-refractivity contribution in [1.29, 1.82) is 5.26 Å². The Hall–Kier alpha value is -1.89. The van der Waals surface area contributed by atoms with E-state index in [9.17, 15) is 0 Å². The number of rotatable bonds is 5. The smallest absolute Gasteiger partial charge is 0.181 e. The fraction of sp³-hybridized carbons (Fsp3) is 0.364. The van der Waals surface area contributed by atoms with Crippen molar-refractivity contribution in [1.82, 2.24) is 0 Å². The van der Waals surface area contributed by atoms with E-state index >= 15 is 0 Å². The van der Waals surface area contributed by atoms with Crippen molar-refractivity contribution in [2.75, 3.05) is 18.5 Å². The SMILES string of the molecule is CCOc1ccc(OCC)c(NC#N)c1. The fourth-order valence-electron chi connectivity index (χ4n) is 1.20. The Balaban J connectivity index is 2.93. The number of nitriles is 1. The Morgan fingerprint density at radius 1 is 1.27 bits per heavy atom. The lowest BCUT2D eigenvalue weighted by Crippen LogP contribution is -1.98. The van der Waals surface area contributed by atoms with Crippen LogP contribution in [-0.2, 0) is 0 Å². The Labute approximate surface area is 89.4 Å². The highest BCUT2D eigenvalue weighted by Gasteiger charge is 2.04. The molecule has 0 aliphatic heterocycles. The van der Waals surface area contributed by atoms with Crippen LogP contribution in [0.3, 0.4) is 0 Å². The quantitative estimate of drug-likeness (QED) is 0.593. The first-order valence-corrected chi connectivity index (χ1v) is 4.86. The van der Waals surface area contributed by atoms with Crippen molar-refractivity contribution in [3.8, 4) is 17.7 Å². The minimum Gasteiger partial charge on any atom is -0.494 e. The summed E-state index contributed by atoms with van der Waals surface area (Å²) in [6.07, 6.45) is 1.87. The van der Waals surface area contributed by atoms with Crippen molar-refractivity contribution >= 4 is 5.69 Å². The molecule has 15 heavy (non-hydrogen) atoms. The van der Waals surface area contributed by atoms with E-state index in [1.807, 2.05) is 26.1 Å². The van der Waals surface area contributed by atoms with E-state index in [2.05, 4.69) is 5.32 Å². The van der Waals surface area contributed by atoms with Crippen LogP contribution >= 0.6 is 0 Å². The van der Waals surface area contributed by atoms with Crippen LogP contribution in [0.15, 0.2) is 18.2 Å². The first-order valence-electron chi connectivity index (χ1n) is 4.86. The van der Waals surface area contributed by atoms with Gasteiger partial charge in [-0.1, -0.05) is 0 Å². The molecule has 1 aromatic rings. The monoisotopic (exact) mass is 206 g/mol. The van der Waals surface area contributed by atoms with Crippen LogP contribution in [0.4, 0.5) is 5.69 Å². The molecular weight excluding hydrogens is 192 g/mol. The molecule has 4 nitrogen and oxygen atoms in total. The lowest BCUT2D eigenvalue weighted by molar-refractivity contribution is 0.332. The highest BCUT2D eigenvalue weighted by atomic mass is 16.5. The van der Waals surface area contributed by atoms with E-state index in [0.717, 1.165) is 5.75 Å². The molecule has 80 valence electrons. The molecule has 0 atom stereocenters. The molecule has 0 fully saturated rings. The summed E-state index contributed by atoms with van der Waals surface area (Å²) in [5.74, 6) is 1.38. The van der Waals surface area contributed by atoms with Crippen molar-refractivity contribution in [3.05, 3.63) is 18.2 Å². The van der Waals surface area contributed by atoms with Gasteiger partial charge in [0.1, 0.15) is 11.5 Å². The second-order valence-corrected chi connectivity index (χ2v) is 2.76. The zero-order chi connectivity index (χ0) is 11.1. The van der Waals surface area contributed by atoms with Crippen LogP contribution < -0.4 is 14.8 Å². The van der Waals surface area contributed by atoms with Gasteiger partial charge in [0.25, 0.3) is 0 Å². The molecule has 0 heterocycles. The van der Waals surface area contributed by atoms with Crippen LogP contribution in [-0.4, -0.2) is 13.2 Å². The lowest BCUT2D eigenvalue weighted by Gasteiger charge is -2.10. The minimum absolute atomic E-state index is 0.564. The third-order valence-corrected chi connectivity index (χ3v) is 1.75. The molecule has 0 aliphatic carbocycles. The highest BCUT2D eigenvalue weighted by molar-refractivity contribution is 5.61. The summed E-state index contributed by atoms with van der Waals surface area (Å²) >= 11 is 0. The second kappa shape index (κ2) is 5.76.